The molecule has 0 aliphatic carbocycles. The molecular formula is C15H16BrN3O2. The zero-order valence-electron chi connectivity index (χ0n) is 11.8. The van der Waals surface area contributed by atoms with Crippen LogP contribution in [0.15, 0.2) is 34.9 Å². The Bertz CT molecular complexity index is 707. The van der Waals surface area contributed by atoms with Crippen LogP contribution in [0.5, 0.6) is 0 Å². The van der Waals surface area contributed by atoms with Gasteiger partial charge in [0.25, 0.3) is 5.91 Å². The number of primary amides is 1. The molecule has 0 saturated carbocycles. The van der Waals surface area contributed by atoms with Crippen LogP contribution >= 0.6 is 15.9 Å². The fraction of sp³-hybridized carbons (Fsp3) is 0.200. The Morgan fingerprint density at radius 2 is 2.05 bits per heavy atom. The number of benzene rings is 1. The van der Waals surface area contributed by atoms with Gasteiger partial charge in [0.05, 0.1) is 0 Å². The van der Waals surface area contributed by atoms with Crippen molar-refractivity contribution < 1.29 is 9.59 Å². The number of rotatable bonds is 4. The lowest BCUT2D eigenvalue weighted by Gasteiger charge is -2.10. The first-order chi connectivity index (χ1) is 9.92. The predicted molar refractivity (Wildman–Crippen MR) is 85.5 cm³/mol. The number of nitrogens with zero attached hydrogens (tertiary/aromatic N) is 1. The number of halogens is 1. The molecule has 1 aromatic heterocycles. The molecule has 0 radical (unpaired) electrons. The van der Waals surface area contributed by atoms with Gasteiger partial charge in [-0.15, -0.1) is 0 Å². The van der Waals surface area contributed by atoms with Crippen molar-refractivity contribution in [2.75, 3.05) is 5.32 Å². The van der Waals surface area contributed by atoms with Crippen LogP contribution in [0.2, 0.25) is 0 Å². The Morgan fingerprint density at radius 3 is 2.62 bits per heavy atom. The molecule has 1 aromatic carbocycles. The molecule has 110 valence electrons. The van der Waals surface area contributed by atoms with Crippen LogP contribution in [0.1, 0.15) is 33.3 Å². The van der Waals surface area contributed by atoms with Crippen LogP contribution in [-0.2, 0) is 6.54 Å². The molecule has 0 atom stereocenters. The van der Waals surface area contributed by atoms with E-state index in [2.05, 4.69) is 21.2 Å². The number of aryl methyl sites for hydroxylation is 2. The highest BCUT2D eigenvalue weighted by molar-refractivity contribution is 9.10. The van der Waals surface area contributed by atoms with Gasteiger partial charge in [-0.05, 0) is 59.6 Å². The molecule has 0 spiro atoms. The fourth-order valence-corrected chi connectivity index (χ4v) is 2.53. The molecule has 6 heteroatoms. The number of aromatic nitrogens is 1. The predicted octanol–water partition coefficient (Wildman–Crippen LogP) is 2.93. The van der Waals surface area contributed by atoms with Crippen molar-refractivity contribution in [3.63, 3.8) is 0 Å². The quantitative estimate of drug-likeness (QED) is 0.889. The molecule has 3 N–H and O–H groups in total. The van der Waals surface area contributed by atoms with Crippen molar-refractivity contribution in [1.29, 1.82) is 0 Å². The third kappa shape index (κ3) is 3.33. The number of hydrogen-bond donors (Lipinski definition) is 2. The van der Waals surface area contributed by atoms with Crippen molar-refractivity contribution in [3.05, 3.63) is 51.8 Å². The standard InChI is InChI=1S/C15H16BrN3O2/c1-3-19-8-11(16)7-13(19)15(21)18-12-5-4-10(14(17)20)6-9(12)2/h4-8H,3H2,1-2H3,(H2,17,20)(H,18,21). The number of hydrogen-bond acceptors (Lipinski definition) is 2. The lowest BCUT2D eigenvalue weighted by atomic mass is 10.1. The second-order valence-corrected chi connectivity index (χ2v) is 5.59. The highest BCUT2D eigenvalue weighted by Gasteiger charge is 2.14. The second kappa shape index (κ2) is 6.13. The normalized spacial score (nSPS) is 10.4. The van der Waals surface area contributed by atoms with Crippen LogP contribution in [0.3, 0.4) is 0 Å². The Labute approximate surface area is 131 Å². The van der Waals surface area contributed by atoms with Crippen molar-refractivity contribution >= 4 is 33.4 Å². The van der Waals surface area contributed by atoms with Gasteiger partial charge in [0, 0.05) is 28.5 Å². The maximum atomic E-state index is 12.3. The summed E-state index contributed by atoms with van der Waals surface area (Å²) in [6.07, 6.45) is 1.86. The lowest BCUT2D eigenvalue weighted by molar-refractivity contribution is 0.0997. The number of amides is 2. The van der Waals surface area contributed by atoms with E-state index in [0.717, 1.165) is 10.0 Å². The third-order valence-electron chi connectivity index (χ3n) is 3.20. The van der Waals surface area contributed by atoms with E-state index in [9.17, 15) is 9.59 Å². The molecule has 0 saturated heterocycles. The van der Waals surface area contributed by atoms with Gasteiger partial charge >= 0.3 is 0 Å². The molecule has 21 heavy (non-hydrogen) atoms. The molecule has 2 rings (SSSR count). The second-order valence-electron chi connectivity index (χ2n) is 4.68. The van der Waals surface area contributed by atoms with Crippen LogP contribution in [0.4, 0.5) is 5.69 Å². The minimum Gasteiger partial charge on any atom is -0.366 e. The Kier molecular flexibility index (Phi) is 4.47. The smallest absolute Gasteiger partial charge is 0.272 e. The van der Waals surface area contributed by atoms with Crippen molar-refractivity contribution in [3.8, 4) is 0 Å². The summed E-state index contributed by atoms with van der Waals surface area (Å²) in [4.78, 5) is 23.5. The maximum absolute atomic E-state index is 12.3. The van der Waals surface area contributed by atoms with Gasteiger partial charge in [-0.25, -0.2) is 0 Å². The molecule has 0 unspecified atom stereocenters. The number of carbonyl (C=O) groups excluding carboxylic acids is 2. The topological polar surface area (TPSA) is 77.1 Å². The number of carbonyl (C=O) groups is 2. The van der Waals surface area contributed by atoms with Crippen molar-refractivity contribution in [1.82, 2.24) is 4.57 Å². The molecule has 0 bridgehead atoms. The maximum Gasteiger partial charge on any atom is 0.272 e. The summed E-state index contributed by atoms with van der Waals surface area (Å²) in [6, 6.07) is 6.71. The Morgan fingerprint density at radius 1 is 1.33 bits per heavy atom. The first kappa shape index (κ1) is 15.3. The molecule has 5 nitrogen and oxygen atoms in total. The SMILES string of the molecule is CCn1cc(Br)cc1C(=O)Nc1ccc(C(N)=O)cc1C. The number of nitrogens with one attached hydrogen (secondary N) is 1. The highest BCUT2D eigenvalue weighted by Crippen LogP contribution is 2.20. The highest BCUT2D eigenvalue weighted by atomic mass is 79.9. The van der Waals surface area contributed by atoms with Gasteiger partial charge < -0.3 is 15.6 Å². The monoisotopic (exact) mass is 349 g/mol. The summed E-state index contributed by atoms with van der Waals surface area (Å²) in [7, 11) is 0. The van der Waals surface area contributed by atoms with Gasteiger partial charge in [0.15, 0.2) is 0 Å². The molecular weight excluding hydrogens is 334 g/mol. The van der Waals surface area contributed by atoms with Crippen molar-refractivity contribution in [2.45, 2.75) is 20.4 Å². The van der Waals surface area contributed by atoms with E-state index in [1.54, 1.807) is 24.3 Å². The summed E-state index contributed by atoms with van der Waals surface area (Å²) in [6.45, 7) is 4.49. The number of anilines is 1. The minimum absolute atomic E-state index is 0.197. The van der Waals surface area contributed by atoms with E-state index in [1.807, 2.05) is 24.6 Å². The van der Waals surface area contributed by atoms with Gasteiger partial charge in [-0.1, -0.05) is 0 Å². The van der Waals surface area contributed by atoms with Gasteiger partial charge in [-0.2, -0.15) is 0 Å². The zero-order valence-corrected chi connectivity index (χ0v) is 13.4. The summed E-state index contributed by atoms with van der Waals surface area (Å²) < 4.78 is 2.71. The van der Waals surface area contributed by atoms with Crippen LogP contribution in [0.25, 0.3) is 0 Å². The Balaban J connectivity index is 2.25. The van der Waals surface area contributed by atoms with Crippen molar-refractivity contribution in [2.24, 2.45) is 5.73 Å². The van der Waals surface area contributed by atoms with Crippen LogP contribution in [0, 0.1) is 6.92 Å². The molecule has 2 amide bonds. The van der Waals surface area contributed by atoms with Crippen LogP contribution < -0.4 is 11.1 Å². The molecule has 1 heterocycles. The molecule has 2 aromatic rings. The summed E-state index contributed by atoms with van der Waals surface area (Å²) >= 11 is 3.37. The molecule has 0 fully saturated rings. The van der Waals surface area contributed by atoms with E-state index in [0.29, 0.717) is 23.5 Å². The average Bonchev–Trinajstić information content (AvgIpc) is 2.82. The molecule has 0 aliphatic rings. The van der Waals surface area contributed by atoms with Gasteiger partial charge in [0.2, 0.25) is 5.91 Å². The fourth-order valence-electron chi connectivity index (χ4n) is 2.07. The van der Waals surface area contributed by atoms with Gasteiger partial charge in [0.1, 0.15) is 5.69 Å². The average molecular weight is 350 g/mol. The lowest BCUT2D eigenvalue weighted by Crippen LogP contribution is -2.17. The third-order valence-corrected chi connectivity index (χ3v) is 3.63. The van der Waals surface area contributed by atoms with E-state index < -0.39 is 5.91 Å². The molecule has 0 aliphatic heterocycles. The van der Waals surface area contributed by atoms with E-state index in [-0.39, 0.29) is 5.91 Å². The Hall–Kier alpha value is -2.08. The minimum atomic E-state index is -0.486. The summed E-state index contributed by atoms with van der Waals surface area (Å²) in [5, 5.41) is 2.85. The zero-order chi connectivity index (χ0) is 15.6. The number of nitrogens with two attached hydrogens (primary N) is 1. The summed E-state index contributed by atoms with van der Waals surface area (Å²) in [5.74, 6) is -0.683. The summed E-state index contributed by atoms with van der Waals surface area (Å²) in [5.41, 5.74) is 7.67. The van der Waals surface area contributed by atoms with E-state index >= 15 is 0 Å². The van der Waals surface area contributed by atoms with E-state index in [1.165, 1.54) is 0 Å². The van der Waals surface area contributed by atoms with E-state index in [4.69, 9.17) is 5.73 Å². The van der Waals surface area contributed by atoms with Gasteiger partial charge in [-0.3, -0.25) is 9.59 Å². The van der Waals surface area contributed by atoms with Crippen LogP contribution in [-0.4, -0.2) is 16.4 Å². The largest absolute Gasteiger partial charge is 0.366 e. The first-order valence-electron chi connectivity index (χ1n) is 6.50. The first-order valence-corrected chi connectivity index (χ1v) is 7.29.